The molecule has 0 aromatic carbocycles. The molecule has 1 aliphatic rings. The Balaban J connectivity index is 2.71. The summed E-state index contributed by atoms with van der Waals surface area (Å²) >= 11 is 0. The lowest BCUT2D eigenvalue weighted by atomic mass is 9.78. The summed E-state index contributed by atoms with van der Waals surface area (Å²) in [5.74, 6) is -0.125. The Bertz CT molecular complexity index is 255. The van der Waals surface area contributed by atoms with Crippen molar-refractivity contribution >= 4 is 5.97 Å². The molecule has 0 bridgehead atoms. The maximum Gasteiger partial charge on any atom is 0.308 e. The lowest BCUT2D eigenvalue weighted by Gasteiger charge is -2.41. The fraction of sp³-hybridized carbons (Fsp3) is 0.929. The van der Waals surface area contributed by atoms with E-state index >= 15 is 0 Å². The normalized spacial score (nSPS) is 31.5. The molecule has 100 valence electrons. The first-order chi connectivity index (χ1) is 7.97. The molecule has 0 amide bonds. The molecule has 1 N–H and O–H groups in total. The van der Waals surface area contributed by atoms with Crippen LogP contribution in [0.2, 0.25) is 0 Å². The highest BCUT2D eigenvalue weighted by Crippen LogP contribution is 2.33. The van der Waals surface area contributed by atoms with Gasteiger partial charge in [-0.2, -0.15) is 0 Å². The van der Waals surface area contributed by atoms with Gasteiger partial charge in [0.05, 0.1) is 5.92 Å². The molecule has 0 aromatic rings. The quantitative estimate of drug-likeness (QED) is 0.804. The summed E-state index contributed by atoms with van der Waals surface area (Å²) in [5.41, 5.74) is 0. The minimum Gasteiger partial charge on any atom is -0.481 e. The van der Waals surface area contributed by atoms with Crippen LogP contribution in [0.5, 0.6) is 0 Å². The molecule has 0 heterocycles. The molecule has 1 saturated carbocycles. The van der Waals surface area contributed by atoms with Crippen molar-refractivity contribution in [3.05, 3.63) is 0 Å². The summed E-state index contributed by atoms with van der Waals surface area (Å²) < 4.78 is 0. The Morgan fingerprint density at radius 2 is 2.12 bits per heavy atom. The van der Waals surface area contributed by atoms with Gasteiger partial charge in [-0.15, -0.1) is 0 Å². The number of hydrogen-bond donors (Lipinski definition) is 1. The molecular formula is C14H27NO2. The standard InChI is InChI=1S/C14H27NO2/c1-5-6-11(3)15(4)13-9-10(2)7-8-12(13)14(16)17/h10-13H,5-9H2,1-4H3,(H,16,17). The van der Waals surface area contributed by atoms with E-state index in [1.807, 2.05) is 0 Å². The molecule has 1 aliphatic carbocycles. The maximum absolute atomic E-state index is 11.3. The predicted molar refractivity (Wildman–Crippen MR) is 70.1 cm³/mol. The van der Waals surface area contributed by atoms with Gasteiger partial charge in [-0.1, -0.05) is 20.3 Å². The predicted octanol–water partition coefficient (Wildman–Crippen LogP) is 3.00. The van der Waals surface area contributed by atoms with Gasteiger partial charge in [0, 0.05) is 12.1 Å². The smallest absolute Gasteiger partial charge is 0.308 e. The number of carboxylic acids is 1. The van der Waals surface area contributed by atoms with Crippen LogP contribution in [-0.4, -0.2) is 35.1 Å². The Labute approximate surface area is 105 Å². The van der Waals surface area contributed by atoms with E-state index in [2.05, 4.69) is 32.7 Å². The second-order valence-corrected chi connectivity index (χ2v) is 5.73. The summed E-state index contributed by atoms with van der Waals surface area (Å²) in [6.45, 7) is 6.63. The number of aliphatic carboxylic acids is 1. The number of carbonyl (C=O) groups is 1. The summed E-state index contributed by atoms with van der Waals surface area (Å²) in [7, 11) is 2.10. The van der Waals surface area contributed by atoms with Crippen molar-refractivity contribution in [2.24, 2.45) is 11.8 Å². The average Bonchev–Trinajstić information content (AvgIpc) is 2.27. The van der Waals surface area contributed by atoms with Crippen LogP contribution in [0.15, 0.2) is 0 Å². The zero-order valence-electron chi connectivity index (χ0n) is 11.6. The van der Waals surface area contributed by atoms with E-state index in [0.717, 1.165) is 32.1 Å². The van der Waals surface area contributed by atoms with Gasteiger partial charge < -0.3 is 5.11 Å². The Morgan fingerprint density at radius 1 is 1.47 bits per heavy atom. The molecule has 0 aliphatic heterocycles. The minimum atomic E-state index is -0.613. The van der Waals surface area contributed by atoms with Gasteiger partial charge in [0.2, 0.25) is 0 Å². The third-order valence-electron chi connectivity index (χ3n) is 4.32. The lowest BCUT2D eigenvalue weighted by Crippen LogP contribution is -2.48. The highest BCUT2D eigenvalue weighted by molar-refractivity contribution is 5.71. The van der Waals surface area contributed by atoms with E-state index < -0.39 is 5.97 Å². The SMILES string of the molecule is CCCC(C)N(C)C1CC(C)CCC1C(=O)O. The van der Waals surface area contributed by atoms with Crippen LogP contribution >= 0.6 is 0 Å². The van der Waals surface area contributed by atoms with Gasteiger partial charge in [-0.25, -0.2) is 0 Å². The third-order valence-corrected chi connectivity index (χ3v) is 4.32. The van der Waals surface area contributed by atoms with Gasteiger partial charge in [0.1, 0.15) is 0 Å². The van der Waals surface area contributed by atoms with Crippen molar-refractivity contribution in [2.75, 3.05) is 7.05 Å². The fourth-order valence-corrected chi connectivity index (χ4v) is 3.04. The summed E-state index contributed by atoms with van der Waals surface area (Å²) in [5, 5.41) is 9.33. The molecule has 0 spiro atoms. The molecule has 4 unspecified atom stereocenters. The summed E-state index contributed by atoms with van der Waals surface area (Å²) in [4.78, 5) is 13.6. The molecular weight excluding hydrogens is 214 g/mol. The van der Waals surface area contributed by atoms with Crippen molar-refractivity contribution < 1.29 is 9.90 Å². The first kappa shape index (κ1) is 14.5. The summed E-state index contributed by atoms with van der Waals surface area (Å²) in [6, 6.07) is 0.704. The first-order valence-electron chi connectivity index (χ1n) is 6.92. The van der Waals surface area contributed by atoms with Crippen LogP contribution in [0, 0.1) is 11.8 Å². The molecule has 0 radical (unpaired) electrons. The first-order valence-corrected chi connectivity index (χ1v) is 6.92. The highest BCUT2D eigenvalue weighted by Gasteiger charge is 2.36. The van der Waals surface area contributed by atoms with E-state index in [0.29, 0.717) is 12.0 Å². The minimum absolute atomic E-state index is 0.171. The topological polar surface area (TPSA) is 40.5 Å². The van der Waals surface area contributed by atoms with Crippen molar-refractivity contribution in [3.8, 4) is 0 Å². The van der Waals surface area contributed by atoms with Gasteiger partial charge in [0.15, 0.2) is 0 Å². The summed E-state index contributed by atoms with van der Waals surface area (Å²) in [6.07, 6.45) is 5.23. The van der Waals surface area contributed by atoms with Crippen molar-refractivity contribution in [2.45, 2.75) is 65.0 Å². The molecule has 1 fully saturated rings. The highest BCUT2D eigenvalue weighted by atomic mass is 16.4. The third kappa shape index (κ3) is 3.70. The molecule has 4 atom stereocenters. The molecule has 0 aromatic heterocycles. The number of nitrogens with zero attached hydrogens (tertiary/aromatic N) is 1. The average molecular weight is 241 g/mol. The van der Waals surface area contributed by atoms with Crippen LogP contribution in [0.1, 0.15) is 52.9 Å². The van der Waals surface area contributed by atoms with Crippen LogP contribution in [0.3, 0.4) is 0 Å². The van der Waals surface area contributed by atoms with Gasteiger partial charge in [-0.3, -0.25) is 9.69 Å². The fourth-order valence-electron chi connectivity index (χ4n) is 3.04. The molecule has 1 rings (SSSR count). The number of hydrogen-bond acceptors (Lipinski definition) is 2. The van der Waals surface area contributed by atoms with E-state index in [9.17, 15) is 9.90 Å². The molecule has 0 saturated heterocycles. The Kier molecular flexibility index (Phi) is 5.44. The van der Waals surface area contributed by atoms with Crippen LogP contribution in [-0.2, 0) is 4.79 Å². The maximum atomic E-state index is 11.3. The lowest BCUT2D eigenvalue weighted by molar-refractivity contribution is -0.146. The van der Waals surface area contributed by atoms with E-state index in [-0.39, 0.29) is 12.0 Å². The van der Waals surface area contributed by atoms with Gasteiger partial charge in [-0.05, 0) is 45.6 Å². The van der Waals surface area contributed by atoms with E-state index in [1.54, 1.807) is 0 Å². The van der Waals surface area contributed by atoms with E-state index in [1.165, 1.54) is 0 Å². The largest absolute Gasteiger partial charge is 0.481 e. The van der Waals surface area contributed by atoms with Crippen molar-refractivity contribution in [3.63, 3.8) is 0 Å². The van der Waals surface area contributed by atoms with Crippen molar-refractivity contribution in [1.82, 2.24) is 4.90 Å². The van der Waals surface area contributed by atoms with Crippen LogP contribution < -0.4 is 0 Å². The second-order valence-electron chi connectivity index (χ2n) is 5.73. The van der Waals surface area contributed by atoms with Crippen molar-refractivity contribution in [1.29, 1.82) is 0 Å². The molecule has 3 nitrogen and oxygen atoms in total. The Hall–Kier alpha value is -0.570. The van der Waals surface area contributed by atoms with Crippen LogP contribution in [0.4, 0.5) is 0 Å². The number of rotatable bonds is 5. The second kappa shape index (κ2) is 6.39. The van der Waals surface area contributed by atoms with E-state index in [4.69, 9.17) is 0 Å². The molecule has 17 heavy (non-hydrogen) atoms. The zero-order valence-corrected chi connectivity index (χ0v) is 11.6. The number of carboxylic acid groups (broad SMARTS) is 1. The van der Waals surface area contributed by atoms with Gasteiger partial charge >= 0.3 is 5.97 Å². The zero-order chi connectivity index (χ0) is 13.0. The van der Waals surface area contributed by atoms with Gasteiger partial charge in [0.25, 0.3) is 0 Å². The Morgan fingerprint density at radius 3 is 2.65 bits per heavy atom. The monoisotopic (exact) mass is 241 g/mol. The molecule has 3 heteroatoms. The van der Waals surface area contributed by atoms with Crippen LogP contribution in [0.25, 0.3) is 0 Å².